The Labute approximate surface area is 191 Å². The lowest BCUT2D eigenvalue weighted by Crippen LogP contribution is -2.43. The SMILES string of the molecule is CC(C)N1CCCC(CC(=O)N2CCc3c(C(F)(F)F)nn(Cc4ccc(F)cc4)c3C2)C1. The van der Waals surface area contributed by atoms with Crippen LogP contribution >= 0.6 is 0 Å². The van der Waals surface area contributed by atoms with Crippen LogP contribution < -0.4 is 0 Å². The molecule has 180 valence electrons. The first-order valence-electron chi connectivity index (χ1n) is 11.5. The van der Waals surface area contributed by atoms with Crippen molar-refractivity contribution in [1.82, 2.24) is 19.6 Å². The van der Waals surface area contributed by atoms with Gasteiger partial charge >= 0.3 is 6.18 Å². The van der Waals surface area contributed by atoms with Gasteiger partial charge in [0.15, 0.2) is 5.69 Å². The fourth-order valence-corrected chi connectivity index (χ4v) is 4.92. The van der Waals surface area contributed by atoms with Crippen molar-refractivity contribution in [3.63, 3.8) is 0 Å². The summed E-state index contributed by atoms with van der Waals surface area (Å²) in [4.78, 5) is 17.1. The molecule has 1 fully saturated rings. The van der Waals surface area contributed by atoms with Gasteiger partial charge in [0.1, 0.15) is 5.82 Å². The summed E-state index contributed by atoms with van der Waals surface area (Å²) in [5.74, 6) is -0.156. The molecule has 9 heteroatoms. The third kappa shape index (κ3) is 5.39. The molecule has 0 bridgehead atoms. The molecular weight excluding hydrogens is 436 g/mol. The zero-order chi connectivity index (χ0) is 23.8. The fourth-order valence-electron chi connectivity index (χ4n) is 4.92. The number of alkyl halides is 3. The second kappa shape index (κ2) is 9.44. The van der Waals surface area contributed by atoms with Crippen molar-refractivity contribution in [2.75, 3.05) is 19.6 Å². The van der Waals surface area contributed by atoms with E-state index in [2.05, 4.69) is 23.8 Å². The number of rotatable bonds is 5. The van der Waals surface area contributed by atoms with E-state index in [0.29, 0.717) is 23.7 Å². The lowest BCUT2D eigenvalue weighted by molar-refractivity contribution is -0.142. The lowest BCUT2D eigenvalue weighted by atomic mass is 9.93. The van der Waals surface area contributed by atoms with Gasteiger partial charge in [-0.1, -0.05) is 12.1 Å². The van der Waals surface area contributed by atoms with Crippen LogP contribution in [-0.2, 0) is 30.5 Å². The quantitative estimate of drug-likeness (QED) is 0.610. The van der Waals surface area contributed by atoms with Crippen LogP contribution in [0.5, 0.6) is 0 Å². The van der Waals surface area contributed by atoms with Gasteiger partial charge in [-0.15, -0.1) is 0 Å². The molecule has 2 aliphatic rings. The summed E-state index contributed by atoms with van der Waals surface area (Å²) >= 11 is 0. The van der Waals surface area contributed by atoms with Crippen LogP contribution in [0.3, 0.4) is 0 Å². The van der Waals surface area contributed by atoms with Crippen LogP contribution in [0.1, 0.15) is 55.6 Å². The van der Waals surface area contributed by atoms with Gasteiger partial charge in [0.25, 0.3) is 0 Å². The standard InChI is InChI=1S/C24H30F4N4O/c1-16(2)30-10-3-4-18(13-30)12-22(33)31-11-9-20-21(15-31)32(29-23(20)24(26,27)28)14-17-5-7-19(25)8-6-17/h5-8,16,18H,3-4,9-15H2,1-2H3. The van der Waals surface area contributed by atoms with Gasteiger partial charge in [0.2, 0.25) is 5.91 Å². The molecule has 0 spiro atoms. The number of piperidine rings is 1. The molecule has 1 unspecified atom stereocenters. The van der Waals surface area contributed by atoms with Gasteiger partial charge in [-0.2, -0.15) is 18.3 Å². The average molecular weight is 467 g/mol. The van der Waals surface area contributed by atoms with Gasteiger partial charge in [-0.05, 0) is 63.3 Å². The van der Waals surface area contributed by atoms with Crippen molar-refractivity contribution in [1.29, 1.82) is 0 Å². The van der Waals surface area contributed by atoms with Crippen LogP contribution in [0.4, 0.5) is 17.6 Å². The number of aromatic nitrogens is 2. The number of hydrogen-bond acceptors (Lipinski definition) is 3. The summed E-state index contributed by atoms with van der Waals surface area (Å²) in [6, 6.07) is 6.05. The number of amides is 1. The molecule has 33 heavy (non-hydrogen) atoms. The smallest absolute Gasteiger partial charge is 0.336 e. The number of benzene rings is 1. The van der Waals surface area contributed by atoms with Crippen LogP contribution in [0.25, 0.3) is 0 Å². The van der Waals surface area contributed by atoms with E-state index >= 15 is 0 Å². The summed E-state index contributed by atoms with van der Waals surface area (Å²) in [6.07, 6.45) is -1.97. The maximum Gasteiger partial charge on any atom is 0.435 e. The normalized spacial score (nSPS) is 19.7. The van der Waals surface area contributed by atoms with E-state index in [9.17, 15) is 22.4 Å². The zero-order valence-electron chi connectivity index (χ0n) is 19.0. The largest absolute Gasteiger partial charge is 0.435 e. The maximum atomic E-state index is 13.6. The highest BCUT2D eigenvalue weighted by Gasteiger charge is 2.41. The van der Waals surface area contributed by atoms with Crippen LogP contribution in [0, 0.1) is 11.7 Å². The average Bonchev–Trinajstić information content (AvgIpc) is 3.13. The first-order valence-corrected chi connectivity index (χ1v) is 11.5. The first-order chi connectivity index (χ1) is 15.6. The number of halogens is 4. The van der Waals surface area contributed by atoms with E-state index in [1.807, 2.05) is 0 Å². The Morgan fingerprint density at radius 2 is 1.91 bits per heavy atom. The summed E-state index contributed by atoms with van der Waals surface area (Å²) in [6.45, 7) is 6.68. The molecule has 2 aliphatic heterocycles. The van der Waals surface area contributed by atoms with Gasteiger partial charge in [0, 0.05) is 31.1 Å². The molecule has 1 aromatic heterocycles. The van der Waals surface area contributed by atoms with Crippen molar-refractivity contribution in [2.45, 2.75) is 64.8 Å². The van der Waals surface area contributed by atoms with E-state index in [1.165, 1.54) is 28.9 Å². The van der Waals surface area contributed by atoms with Crippen molar-refractivity contribution in [3.8, 4) is 0 Å². The Morgan fingerprint density at radius 3 is 2.58 bits per heavy atom. The van der Waals surface area contributed by atoms with Crippen molar-refractivity contribution in [2.24, 2.45) is 5.92 Å². The first kappa shape index (κ1) is 23.7. The molecule has 1 atom stereocenters. The predicted octanol–water partition coefficient (Wildman–Crippen LogP) is 4.48. The van der Waals surface area contributed by atoms with Gasteiger partial charge < -0.3 is 9.80 Å². The molecule has 3 heterocycles. The highest BCUT2D eigenvalue weighted by molar-refractivity contribution is 5.76. The monoisotopic (exact) mass is 466 g/mol. The Kier molecular flexibility index (Phi) is 6.79. The minimum atomic E-state index is -4.56. The van der Waals surface area contributed by atoms with E-state index in [1.54, 1.807) is 4.90 Å². The molecule has 0 N–H and O–H groups in total. The Balaban J connectivity index is 1.52. The minimum absolute atomic E-state index is 0.0145. The van der Waals surface area contributed by atoms with E-state index in [4.69, 9.17) is 0 Å². The number of carbonyl (C=O) groups is 1. The minimum Gasteiger partial charge on any atom is -0.336 e. The van der Waals surface area contributed by atoms with Crippen molar-refractivity contribution in [3.05, 3.63) is 52.6 Å². The highest BCUT2D eigenvalue weighted by Crippen LogP contribution is 2.35. The molecule has 1 aromatic carbocycles. The van der Waals surface area contributed by atoms with Gasteiger partial charge in [-0.25, -0.2) is 4.39 Å². The number of likely N-dealkylation sites (tertiary alicyclic amines) is 1. The topological polar surface area (TPSA) is 41.4 Å². The lowest BCUT2D eigenvalue weighted by Gasteiger charge is -2.36. The molecule has 0 saturated carbocycles. The van der Waals surface area contributed by atoms with Crippen LogP contribution in [0.2, 0.25) is 0 Å². The molecular formula is C24H30F4N4O. The van der Waals surface area contributed by atoms with Crippen LogP contribution in [0.15, 0.2) is 24.3 Å². The van der Waals surface area contributed by atoms with Gasteiger partial charge in [0.05, 0.1) is 18.8 Å². The maximum absolute atomic E-state index is 13.6. The summed E-state index contributed by atoms with van der Waals surface area (Å²) in [5.41, 5.74) is 0.345. The Hall–Kier alpha value is -2.42. The Bertz CT molecular complexity index is 984. The zero-order valence-corrected chi connectivity index (χ0v) is 19.0. The molecule has 1 saturated heterocycles. The summed E-state index contributed by atoms with van der Waals surface area (Å²) in [5, 5.41) is 3.87. The third-order valence-corrected chi connectivity index (χ3v) is 6.75. The van der Waals surface area contributed by atoms with Crippen LogP contribution in [-0.4, -0.2) is 51.2 Å². The molecule has 0 aliphatic carbocycles. The number of fused-ring (bicyclic) bond motifs is 1. The molecule has 5 nitrogen and oxygen atoms in total. The van der Waals surface area contributed by atoms with Gasteiger partial charge in [-0.3, -0.25) is 9.48 Å². The highest BCUT2D eigenvalue weighted by atomic mass is 19.4. The van der Waals surface area contributed by atoms with Crippen molar-refractivity contribution >= 4 is 5.91 Å². The Morgan fingerprint density at radius 1 is 1.18 bits per heavy atom. The molecule has 1 amide bonds. The summed E-state index contributed by atoms with van der Waals surface area (Å²) < 4.78 is 55.5. The van der Waals surface area contributed by atoms with E-state index in [-0.39, 0.29) is 43.4 Å². The molecule has 2 aromatic rings. The number of hydrogen-bond donors (Lipinski definition) is 0. The fraction of sp³-hybridized carbons (Fsp3) is 0.583. The molecule has 0 radical (unpaired) electrons. The van der Waals surface area contributed by atoms with E-state index < -0.39 is 17.7 Å². The summed E-state index contributed by atoms with van der Waals surface area (Å²) in [7, 11) is 0. The van der Waals surface area contributed by atoms with E-state index in [0.717, 1.165) is 25.9 Å². The second-order valence-corrected chi connectivity index (χ2v) is 9.42. The third-order valence-electron chi connectivity index (χ3n) is 6.75. The molecule has 4 rings (SSSR count). The predicted molar refractivity (Wildman–Crippen MR) is 116 cm³/mol. The second-order valence-electron chi connectivity index (χ2n) is 9.42. The van der Waals surface area contributed by atoms with Crippen molar-refractivity contribution < 1.29 is 22.4 Å². The number of nitrogens with zero attached hydrogens (tertiary/aromatic N) is 4. The number of carbonyl (C=O) groups excluding carboxylic acids is 1.